The molecule has 16 heavy (non-hydrogen) atoms. The van der Waals surface area contributed by atoms with E-state index < -0.39 is 0 Å². The Morgan fingerprint density at radius 3 is 2.69 bits per heavy atom. The maximum Gasteiger partial charge on any atom is 0.310 e. The van der Waals surface area contributed by atoms with Crippen LogP contribution in [0.2, 0.25) is 0 Å². The van der Waals surface area contributed by atoms with Gasteiger partial charge in [0.2, 0.25) is 0 Å². The summed E-state index contributed by atoms with van der Waals surface area (Å²) in [6, 6.07) is 1.80. The molecule has 2 rings (SSSR count). The van der Waals surface area contributed by atoms with E-state index in [1.807, 2.05) is 0 Å². The molecule has 5 heteroatoms. The fourth-order valence-corrected chi connectivity index (χ4v) is 2.35. The summed E-state index contributed by atoms with van der Waals surface area (Å²) in [6.45, 7) is 0.229. The number of esters is 1. The van der Waals surface area contributed by atoms with Gasteiger partial charge in [-0.3, -0.25) is 4.79 Å². The lowest BCUT2D eigenvalue weighted by atomic mass is 10.0. The molecule has 0 bridgehead atoms. The van der Waals surface area contributed by atoms with E-state index in [1.165, 1.54) is 0 Å². The van der Waals surface area contributed by atoms with Crippen LogP contribution in [-0.4, -0.2) is 20.2 Å². The lowest BCUT2D eigenvalue weighted by Gasteiger charge is -2.21. The van der Waals surface area contributed by atoms with Crippen molar-refractivity contribution in [2.24, 2.45) is 0 Å². The van der Waals surface area contributed by atoms with Crippen LogP contribution in [0.4, 0.5) is 0 Å². The molecule has 1 aliphatic heterocycles. The highest BCUT2D eigenvalue weighted by Crippen LogP contribution is 2.40. The van der Waals surface area contributed by atoms with Gasteiger partial charge in [0.05, 0.1) is 20.6 Å². The lowest BCUT2D eigenvalue weighted by Crippen LogP contribution is -2.18. The van der Waals surface area contributed by atoms with Crippen LogP contribution in [0.5, 0.6) is 11.5 Å². The molecule has 0 fully saturated rings. The Hall–Kier alpha value is -1.23. The summed E-state index contributed by atoms with van der Waals surface area (Å²) in [7, 11) is 3.15. The number of cyclic esters (lactones) is 1. The number of carbonyl (C=O) groups excluding carboxylic acids is 1. The summed E-state index contributed by atoms with van der Waals surface area (Å²) < 4.78 is 16.4. The maximum absolute atomic E-state index is 11.2. The monoisotopic (exact) mass is 286 g/mol. The second-order valence-corrected chi connectivity index (χ2v) is 4.24. The fourth-order valence-electron chi connectivity index (χ4n) is 1.76. The first kappa shape index (κ1) is 11.3. The first-order valence-corrected chi connectivity index (χ1v) is 5.54. The number of carbonyl (C=O) groups is 1. The molecule has 0 aliphatic carbocycles. The predicted octanol–water partition coefficient (Wildman–Crippen LogP) is 2.07. The van der Waals surface area contributed by atoms with E-state index in [0.29, 0.717) is 11.5 Å². The highest BCUT2D eigenvalue weighted by Gasteiger charge is 2.25. The summed E-state index contributed by atoms with van der Waals surface area (Å²) in [4.78, 5) is 11.2. The van der Waals surface area contributed by atoms with Gasteiger partial charge in [0.1, 0.15) is 6.61 Å². The standard InChI is InChI=1S/C11H11BrO4/c1-14-9-4-8(12)6-3-10(13)16-5-7(6)11(9)15-2/h4H,3,5H2,1-2H3. The molecule has 1 aliphatic rings. The zero-order valence-electron chi connectivity index (χ0n) is 9.00. The minimum atomic E-state index is -0.222. The van der Waals surface area contributed by atoms with Crippen molar-refractivity contribution in [3.05, 3.63) is 21.7 Å². The van der Waals surface area contributed by atoms with E-state index in [4.69, 9.17) is 14.2 Å². The first-order valence-electron chi connectivity index (χ1n) is 4.75. The summed E-state index contributed by atoms with van der Waals surface area (Å²) in [5.74, 6) is 1.04. The van der Waals surface area contributed by atoms with Crippen molar-refractivity contribution in [1.29, 1.82) is 0 Å². The van der Waals surface area contributed by atoms with Crippen LogP contribution in [0.1, 0.15) is 11.1 Å². The molecule has 0 saturated carbocycles. The minimum absolute atomic E-state index is 0.222. The van der Waals surface area contributed by atoms with Gasteiger partial charge in [-0.15, -0.1) is 0 Å². The summed E-state index contributed by atoms with van der Waals surface area (Å²) in [5, 5.41) is 0. The molecule has 0 N–H and O–H groups in total. The molecule has 0 radical (unpaired) electrons. The Balaban J connectivity index is 2.60. The van der Waals surface area contributed by atoms with E-state index in [9.17, 15) is 4.79 Å². The lowest BCUT2D eigenvalue weighted by molar-refractivity contribution is -0.145. The Bertz CT molecular complexity index is 442. The van der Waals surface area contributed by atoms with Crippen LogP contribution in [0.15, 0.2) is 10.5 Å². The molecule has 0 aromatic heterocycles. The van der Waals surface area contributed by atoms with E-state index >= 15 is 0 Å². The van der Waals surface area contributed by atoms with Gasteiger partial charge in [-0.2, -0.15) is 0 Å². The van der Waals surface area contributed by atoms with Crippen molar-refractivity contribution in [3.8, 4) is 11.5 Å². The molecule has 0 saturated heterocycles. The maximum atomic E-state index is 11.2. The molecule has 0 unspecified atom stereocenters. The number of methoxy groups -OCH3 is 2. The van der Waals surface area contributed by atoms with Gasteiger partial charge in [0, 0.05) is 10.0 Å². The fraction of sp³-hybridized carbons (Fsp3) is 0.364. The molecule has 4 nitrogen and oxygen atoms in total. The van der Waals surface area contributed by atoms with Crippen molar-refractivity contribution >= 4 is 21.9 Å². The second-order valence-electron chi connectivity index (χ2n) is 3.39. The third-order valence-corrected chi connectivity index (χ3v) is 3.24. The largest absolute Gasteiger partial charge is 0.493 e. The van der Waals surface area contributed by atoms with Gasteiger partial charge in [-0.1, -0.05) is 15.9 Å². The average Bonchev–Trinajstić information content (AvgIpc) is 2.29. The highest BCUT2D eigenvalue weighted by atomic mass is 79.9. The second kappa shape index (κ2) is 4.33. The molecule has 1 heterocycles. The topological polar surface area (TPSA) is 44.8 Å². The number of hydrogen-bond donors (Lipinski definition) is 0. The number of fused-ring (bicyclic) bond motifs is 1. The van der Waals surface area contributed by atoms with Crippen LogP contribution in [-0.2, 0) is 22.6 Å². The molecular formula is C11H11BrO4. The average molecular weight is 287 g/mol. The van der Waals surface area contributed by atoms with Gasteiger partial charge in [0.25, 0.3) is 0 Å². The summed E-state index contributed by atoms with van der Waals surface area (Å²) in [5.41, 5.74) is 1.78. The Morgan fingerprint density at radius 2 is 2.06 bits per heavy atom. The molecule has 1 aromatic carbocycles. The van der Waals surface area contributed by atoms with Crippen molar-refractivity contribution in [2.75, 3.05) is 14.2 Å². The Kier molecular flexibility index (Phi) is 3.05. The number of halogens is 1. The van der Waals surface area contributed by atoms with Crippen LogP contribution < -0.4 is 9.47 Å². The quantitative estimate of drug-likeness (QED) is 0.781. The summed E-state index contributed by atoms with van der Waals surface area (Å²) >= 11 is 3.42. The molecule has 0 amide bonds. The number of rotatable bonds is 2. The van der Waals surface area contributed by atoms with Gasteiger partial charge in [0.15, 0.2) is 11.5 Å². The molecule has 86 valence electrons. The SMILES string of the molecule is COc1cc(Br)c2c(c1OC)COC(=O)C2. The van der Waals surface area contributed by atoms with Gasteiger partial charge >= 0.3 is 5.97 Å². The third-order valence-electron chi connectivity index (χ3n) is 2.53. The predicted molar refractivity (Wildman–Crippen MR) is 60.7 cm³/mol. The third kappa shape index (κ3) is 1.75. The summed E-state index contributed by atoms with van der Waals surface area (Å²) in [6.07, 6.45) is 0.260. The van der Waals surface area contributed by atoms with Gasteiger partial charge in [-0.05, 0) is 11.6 Å². The van der Waals surface area contributed by atoms with Crippen LogP contribution in [0.3, 0.4) is 0 Å². The molecule has 0 atom stereocenters. The van der Waals surface area contributed by atoms with Crippen molar-refractivity contribution in [3.63, 3.8) is 0 Å². The number of hydrogen-bond acceptors (Lipinski definition) is 4. The zero-order chi connectivity index (χ0) is 11.7. The Morgan fingerprint density at radius 1 is 1.31 bits per heavy atom. The van der Waals surface area contributed by atoms with Crippen molar-refractivity contribution in [1.82, 2.24) is 0 Å². The van der Waals surface area contributed by atoms with Crippen molar-refractivity contribution < 1.29 is 19.0 Å². The van der Waals surface area contributed by atoms with Gasteiger partial charge < -0.3 is 14.2 Å². The molecule has 1 aromatic rings. The van der Waals surface area contributed by atoms with Crippen LogP contribution in [0.25, 0.3) is 0 Å². The zero-order valence-corrected chi connectivity index (χ0v) is 10.6. The molecule has 0 spiro atoms. The molecular weight excluding hydrogens is 276 g/mol. The van der Waals surface area contributed by atoms with Crippen LogP contribution in [0, 0.1) is 0 Å². The van der Waals surface area contributed by atoms with Crippen LogP contribution >= 0.6 is 15.9 Å². The van der Waals surface area contributed by atoms with E-state index in [0.717, 1.165) is 15.6 Å². The van der Waals surface area contributed by atoms with E-state index in [2.05, 4.69) is 15.9 Å². The highest BCUT2D eigenvalue weighted by molar-refractivity contribution is 9.10. The number of benzene rings is 1. The first-order chi connectivity index (χ1) is 7.67. The van der Waals surface area contributed by atoms with E-state index in [-0.39, 0.29) is 19.0 Å². The minimum Gasteiger partial charge on any atom is -0.493 e. The smallest absolute Gasteiger partial charge is 0.310 e. The van der Waals surface area contributed by atoms with E-state index in [1.54, 1.807) is 20.3 Å². The van der Waals surface area contributed by atoms with Crippen molar-refractivity contribution in [2.45, 2.75) is 13.0 Å². The number of ether oxygens (including phenoxy) is 3. The van der Waals surface area contributed by atoms with Gasteiger partial charge in [-0.25, -0.2) is 0 Å². The Labute approximate surface area is 102 Å². The normalized spacial score (nSPS) is 14.1.